The predicted molar refractivity (Wildman–Crippen MR) is 129 cm³/mol. The summed E-state index contributed by atoms with van der Waals surface area (Å²) >= 11 is 0. The van der Waals surface area contributed by atoms with E-state index >= 15 is 0 Å². The maximum atomic E-state index is 13.5. The van der Waals surface area contributed by atoms with Crippen LogP contribution in [0.5, 0.6) is 5.75 Å². The van der Waals surface area contributed by atoms with Crippen molar-refractivity contribution >= 4 is 16.8 Å². The largest absolute Gasteiger partial charge is 0.497 e. The molecule has 162 valence electrons. The number of aryl methyl sites for hydroxylation is 1. The monoisotopic (exact) mass is 424 g/mol. The molecule has 2 heterocycles. The average Bonchev–Trinajstić information content (AvgIpc) is 3.28. The minimum absolute atomic E-state index is 0.113. The highest BCUT2D eigenvalue weighted by atomic mass is 16.5. The number of amides is 1. The van der Waals surface area contributed by atoms with Gasteiger partial charge in [-0.15, -0.1) is 0 Å². The van der Waals surface area contributed by atoms with E-state index in [0.29, 0.717) is 0 Å². The van der Waals surface area contributed by atoms with Gasteiger partial charge in [-0.05, 0) is 36.2 Å². The predicted octanol–water partition coefficient (Wildman–Crippen LogP) is 6.20. The fraction of sp³-hybridized carbons (Fsp3) is 0.250. The number of ether oxygens (including phenoxy) is 1. The van der Waals surface area contributed by atoms with Crippen LogP contribution < -0.4 is 4.74 Å². The Kier molecular flexibility index (Phi) is 5.22. The summed E-state index contributed by atoms with van der Waals surface area (Å²) in [5.41, 5.74) is 6.47. The molecule has 0 saturated heterocycles. The standard InChI is InChI=1S/C28H28N2O2/c1-4-5-17-30-27(21-13-6-7-14-22(21)28(30)31)25-23-15-8-9-16-24(23)29(2)26(25)19-11-10-12-20(18-19)32-3/h6-16,18,27H,4-5,17H2,1-3H3. The molecule has 1 atom stereocenters. The maximum Gasteiger partial charge on any atom is 0.255 e. The number of fused-ring (bicyclic) bond motifs is 2. The fourth-order valence-corrected chi connectivity index (χ4v) is 5.06. The number of hydrogen-bond donors (Lipinski definition) is 0. The summed E-state index contributed by atoms with van der Waals surface area (Å²) in [5, 5.41) is 1.18. The van der Waals surface area contributed by atoms with Crippen molar-refractivity contribution in [2.24, 2.45) is 7.05 Å². The lowest BCUT2D eigenvalue weighted by molar-refractivity contribution is 0.0748. The number of carbonyl (C=O) groups is 1. The van der Waals surface area contributed by atoms with Gasteiger partial charge in [0.15, 0.2) is 0 Å². The number of benzene rings is 3. The van der Waals surface area contributed by atoms with Gasteiger partial charge in [0.25, 0.3) is 5.91 Å². The van der Waals surface area contributed by atoms with E-state index in [0.717, 1.165) is 53.0 Å². The Hall–Kier alpha value is -3.53. The Balaban J connectivity index is 1.82. The van der Waals surface area contributed by atoms with Crippen LogP contribution in [0.4, 0.5) is 0 Å². The molecular weight excluding hydrogens is 396 g/mol. The third kappa shape index (κ3) is 3.10. The third-order valence-electron chi connectivity index (χ3n) is 6.57. The number of para-hydroxylation sites is 1. The molecule has 0 N–H and O–H groups in total. The Morgan fingerprint density at radius 2 is 1.75 bits per heavy atom. The van der Waals surface area contributed by atoms with Crippen molar-refractivity contribution in [3.8, 4) is 17.0 Å². The molecule has 1 unspecified atom stereocenters. The lowest BCUT2D eigenvalue weighted by Gasteiger charge is -2.27. The first-order chi connectivity index (χ1) is 15.7. The molecule has 4 aromatic rings. The Bertz CT molecular complexity index is 1300. The van der Waals surface area contributed by atoms with E-state index in [1.807, 2.05) is 30.3 Å². The first-order valence-electron chi connectivity index (χ1n) is 11.3. The lowest BCUT2D eigenvalue weighted by atomic mass is 9.93. The van der Waals surface area contributed by atoms with Gasteiger partial charge in [0, 0.05) is 41.2 Å². The summed E-state index contributed by atoms with van der Waals surface area (Å²) < 4.78 is 7.78. The van der Waals surface area contributed by atoms with E-state index in [1.165, 1.54) is 10.9 Å². The first-order valence-corrected chi connectivity index (χ1v) is 11.3. The average molecular weight is 425 g/mol. The molecule has 4 heteroatoms. The van der Waals surface area contributed by atoms with E-state index in [1.54, 1.807) is 7.11 Å². The highest BCUT2D eigenvalue weighted by Crippen LogP contribution is 2.46. The van der Waals surface area contributed by atoms with Crippen LogP contribution in [-0.4, -0.2) is 29.0 Å². The van der Waals surface area contributed by atoms with E-state index in [4.69, 9.17) is 4.74 Å². The number of rotatable bonds is 6. The summed E-state index contributed by atoms with van der Waals surface area (Å²) in [6, 6.07) is 24.7. The summed E-state index contributed by atoms with van der Waals surface area (Å²) in [7, 11) is 3.81. The van der Waals surface area contributed by atoms with Crippen molar-refractivity contribution in [1.82, 2.24) is 9.47 Å². The van der Waals surface area contributed by atoms with Gasteiger partial charge in [-0.1, -0.05) is 61.9 Å². The van der Waals surface area contributed by atoms with Crippen LogP contribution in [0.1, 0.15) is 47.3 Å². The molecule has 0 bridgehead atoms. The second kappa shape index (κ2) is 8.19. The molecule has 1 amide bonds. The molecule has 0 radical (unpaired) electrons. The zero-order valence-electron chi connectivity index (χ0n) is 18.8. The molecule has 0 saturated carbocycles. The van der Waals surface area contributed by atoms with Crippen molar-refractivity contribution in [3.63, 3.8) is 0 Å². The van der Waals surface area contributed by atoms with E-state index in [-0.39, 0.29) is 11.9 Å². The maximum absolute atomic E-state index is 13.5. The number of unbranched alkanes of at least 4 members (excludes halogenated alkanes) is 1. The van der Waals surface area contributed by atoms with Crippen molar-refractivity contribution in [3.05, 3.63) is 89.5 Å². The van der Waals surface area contributed by atoms with Crippen molar-refractivity contribution < 1.29 is 9.53 Å². The summed E-state index contributed by atoms with van der Waals surface area (Å²) in [6.45, 7) is 2.91. The summed E-state index contributed by atoms with van der Waals surface area (Å²) in [6.07, 6.45) is 2.03. The molecule has 32 heavy (non-hydrogen) atoms. The summed E-state index contributed by atoms with van der Waals surface area (Å²) in [4.78, 5) is 15.5. The molecule has 5 rings (SSSR count). The van der Waals surface area contributed by atoms with Crippen molar-refractivity contribution in [2.45, 2.75) is 25.8 Å². The second-order valence-electron chi connectivity index (χ2n) is 8.41. The molecule has 1 aliphatic heterocycles. The van der Waals surface area contributed by atoms with Crippen LogP contribution in [-0.2, 0) is 7.05 Å². The third-order valence-corrected chi connectivity index (χ3v) is 6.57. The molecule has 0 spiro atoms. The smallest absolute Gasteiger partial charge is 0.255 e. The quantitative estimate of drug-likeness (QED) is 0.369. The van der Waals surface area contributed by atoms with Crippen molar-refractivity contribution in [1.29, 1.82) is 0 Å². The molecular formula is C28H28N2O2. The number of carbonyl (C=O) groups excluding carboxylic acids is 1. The van der Waals surface area contributed by atoms with E-state index in [9.17, 15) is 4.79 Å². The van der Waals surface area contributed by atoms with Gasteiger partial charge in [-0.25, -0.2) is 0 Å². The highest BCUT2D eigenvalue weighted by molar-refractivity contribution is 6.02. The van der Waals surface area contributed by atoms with Gasteiger partial charge in [0.2, 0.25) is 0 Å². The zero-order valence-corrected chi connectivity index (χ0v) is 18.8. The Morgan fingerprint density at radius 1 is 0.969 bits per heavy atom. The van der Waals surface area contributed by atoms with Crippen LogP contribution in [0, 0.1) is 0 Å². The molecule has 3 aromatic carbocycles. The fourth-order valence-electron chi connectivity index (χ4n) is 5.06. The minimum atomic E-state index is -0.113. The number of methoxy groups -OCH3 is 1. The number of nitrogens with zero attached hydrogens (tertiary/aromatic N) is 2. The van der Waals surface area contributed by atoms with Gasteiger partial charge in [-0.3, -0.25) is 4.79 Å². The molecule has 4 nitrogen and oxygen atoms in total. The highest BCUT2D eigenvalue weighted by Gasteiger charge is 2.40. The SMILES string of the molecule is CCCCN1C(=O)c2ccccc2C1c1c(-c2cccc(OC)c2)n(C)c2ccccc12. The minimum Gasteiger partial charge on any atom is -0.497 e. The molecule has 1 aromatic heterocycles. The zero-order chi connectivity index (χ0) is 22.2. The van der Waals surface area contributed by atoms with Gasteiger partial charge in [0.05, 0.1) is 18.8 Å². The topological polar surface area (TPSA) is 34.5 Å². The number of aromatic nitrogens is 1. The lowest BCUT2D eigenvalue weighted by Crippen LogP contribution is -2.30. The van der Waals surface area contributed by atoms with Gasteiger partial charge >= 0.3 is 0 Å². The van der Waals surface area contributed by atoms with Crippen LogP contribution in [0.3, 0.4) is 0 Å². The Labute approximate surface area is 189 Å². The van der Waals surface area contributed by atoms with Crippen LogP contribution in [0.25, 0.3) is 22.2 Å². The molecule has 1 aliphatic rings. The van der Waals surface area contributed by atoms with Crippen LogP contribution in [0.15, 0.2) is 72.8 Å². The van der Waals surface area contributed by atoms with Gasteiger partial charge < -0.3 is 14.2 Å². The van der Waals surface area contributed by atoms with Crippen LogP contribution >= 0.6 is 0 Å². The van der Waals surface area contributed by atoms with Gasteiger partial charge in [-0.2, -0.15) is 0 Å². The second-order valence-corrected chi connectivity index (χ2v) is 8.41. The Morgan fingerprint density at radius 3 is 2.56 bits per heavy atom. The first kappa shape index (κ1) is 20.4. The normalized spacial score (nSPS) is 15.4. The van der Waals surface area contributed by atoms with Crippen molar-refractivity contribution in [2.75, 3.05) is 13.7 Å². The van der Waals surface area contributed by atoms with E-state index < -0.39 is 0 Å². The van der Waals surface area contributed by atoms with Crippen LogP contribution in [0.2, 0.25) is 0 Å². The number of hydrogen-bond acceptors (Lipinski definition) is 2. The van der Waals surface area contributed by atoms with E-state index in [2.05, 4.69) is 65.9 Å². The van der Waals surface area contributed by atoms with Gasteiger partial charge in [0.1, 0.15) is 5.75 Å². The summed E-state index contributed by atoms with van der Waals surface area (Å²) in [5.74, 6) is 0.952. The molecule has 0 fully saturated rings. The molecule has 0 aliphatic carbocycles.